The van der Waals surface area contributed by atoms with Crippen molar-refractivity contribution in [2.24, 2.45) is 11.5 Å². The number of aldehydes is 1. The van der Waals surface area contributed by atoms with Crippen LogP contribution in [0.3, 0.4) is 0 Å². The molecule has 0 spiro atoms. The van der Waals surface area contributed by atoms with Crippen LogP contribution < -0.4 is 16.8 Å². The highest BCUT2D eigenvalue weighted by Crippen LogP contribution is 2.01. The molecular weight excluding hydrogens is 218 g/mol. The molecule has 0 aromatic heterocycles. The first-order valence-electron chi connectivity index (χ1n) is 6.37. The Morgan fingerprint density at radius 3 is 2.53 bits per heavy atom. The first-order valence-corrected chi connectivity index (χ1v) is 6.37. The van der Waals surface area contributed by atoms with Gasteiger partial charge in [-0.2, -0.15) is 0 Å². The molecule has 0 saturated carbocycles. The molecule has 17 heavy (non-hydrogen) atoms. The van der Waals surface area contributed by atoms with Crippen LogP contribution in [0.1, 0.15) is 45.4 Å². The van der Waals surface area contributed by atoms with Gasteiger partial charge in [-0.1, -0.05) is 26.2 Å². The van der Waals surface area contributed by atoms with Gasteiger partial charge in [0.05, 0.1) is 12.1 Å². The Labute approximate surface area is 103 Å². The Balaban J connectivity index is 3.90. The van der Waals surface area contributed by atoms with Crippen LogP contribution in [0.4, 0.5) is 0 Å². The van der Waals surface area contributed by atoms with E-state index in [1.54, 1.807) is 0 Å². The van der Waals surface area contributed by atoms with Gasteiger partial charge in [0, 0.05) is 0 Å². The maximum Gasteiger partial charge on any atom is 0.237 e. The molecule has 0 aliphatic rings. The van der Waals surface area contributed by atoms with Gasteiger partial charge < -0.3 is 21.6 Å². The molecule has 0 heterocycles. The van der Waals surface area contributed by atoms with Crippen molar-refractivity contribution in [1.82, 2.24) is 5.32 Å². The highest BCUT2D eigenvalue weighted by atomic mass is 16.2. The lowest BCUT2D eigenvalue weighted by Gasteiger charge is -2.16. The second-order valence-electron chi connectivity index (χ2n) is 4.28. The zero-order chi connectivity index (χ0) is 13.1. The van der Waals surface area contributed by atoms with E-state index in [0.717, 1.165) is 32.0 Å². The molecule has 2 unspecified atom stereocenters. The zero-order valence-electron chi connectivity index (χ0n) is 10.7. The summed E-state index contributed by atoms with van der Waals surface area (Å²) >= 11 is 0. The first kappa shape index (κ1) is 16.1. The number of hydrogen-bond donors (Lipinski definition) is 3. The largest absolute Gasteiger partial charge is 0.345 e. The number of unbranched alkanes of at least 4 members (excludes halogenated alkanes) is 2. The topological polar surface area (TPSA) is 98.2 Å². The summed E-state index contributed by atoms with van der Waals surface area (Å²) in [5, 5.41) is 2.66. The number of hydrogen-bond acceptors (Lipinski definition) is 4. The molecule has 0 radical (unpaired) electrons. The highest BCUT2D eigenvalue weighted by molar-refractivity contribution is 5.84. The van der Waals surface area contributed by atoms with E-state index in [-0.39, 0.29) is 5.91 Å². The maximum atomic E-state index is 11.6. The van der Waals surface area contributed by atoms with Crippen molar-refractivity contribution in [3.63, 3.8) is 0 Å². The van der Waals surface area contributed by atoms with E-state index in [1.165, 1.54) is 0 Å². The molecule has 5 N–H and O–H groups in total. The lowest BCUT2D eigenvalue weighted by molar-refractivity contribution is -0.125. The van der Waals surface area contributed by atoms with Gasteiger partial charge in [-0.05, 0) is 25.8 Å². The molecule has 5 heteroatoms. The SMILES string of the molecule is CCCCC(C=O)NC(=O)C(N)CCCCN. The fourth-order valence-corrected chi connectivity index (χ4v) is 1.53. The predicted octanol–water partition coefficient (Wildman–Crippen LogP) is 0.317. The van der Waals surface area contributed by atoms with Crippen molar-refractivity contribution in [1.29, 1.82) is 0 Å². The molecule has 0 aromatic rings. The summed E-state index contributed by atoms with van der Waals surface area (Å²) < 4.78 is 0. The Kier molecular flexibility index (Phi) is 9.66. The Morgan fingerprint density at radius 2 is 2.00 bits per heavy atom. The van der Waals surface area contributed by atoms with E-state index in [2.05, 4.69) is 5.32 Å². The molecule has 5 nitrogen and oxygen atoms in total. The second kappa shape index (κ2) is 10.2. The van der Waals surface area contributed by atoms with E-state index < -0.39 is 12.1 Å². The van der Waals surface area contributed by atoms with Crippen LogP contribution in [0.25, 0.3) is 0 Å². The molecule has 0 fully saturated rings. The van der Waals surface area contributed by atoms with Crippen LogP contribution in [0.5, 0.6) is 0 Å². The summed E-state index contributed by atoms with van der Waals surface area (Å²) in [6.07, 6.45) is 5.71. The fourth-order valence-electron chi connectivity index (χ4n) is 1.53. The van der Waals surface area contributed by atoms with Crippen LogP contribution in [0.15, 0.2) is 0 Å². The third-order valence-corrected chi connectivity index (χ3v) is 2.67. The number of carbonyl (C=O) groups excluding carboxylic acids is 2. The van der Waals surface area contributed by atoms with E-state index in [9.17, 15) is 9.59 Å². The van der Waals surface area contributed by atoms with Crippen molar-refractivity contribution < 1.29 is 9.59 Å². The molecule has 2 atom stereocenters. The van der Waals surface area contributed by atoms with Crippen LogP contribution in [0.2, 0.25) is 0 Å². The van der Waals surface area contributed by atoms with Crippen molar-refractivity contribution in [3.8, 4) is 0 Å². The minimum atomic E-state index is -0.536. The van der Waals surface area contributed by atoms with Crippen molar-refractivity contribution in [2.75, 3.05) is 6.54 Å². The van der Waals surface area contributed by atoms with Gasteiger partial charge in [-0.15, -0.1) is 0 Å². The Hall–Kier alpha value is -0.940. The van der Waals surface area contributed by atoms with Gasteiger partial charge in [0.2, 0.25) is 5.91 Å². The van der Waals surface area contributed by atoms with Gasteiger partial charge in [0.25, 0.3) is 0 Å². The molecule has 100 valence electrons. The van der Waals surface area contributed by atoms with Crippen LogP contribution in [-0.4, -0.2) is 30.8 Å². The fraction of sp³-hybridized carbons (Fsp3) is 0.833. The molecular formula is C12H25N3O2. The van der Waals surface area contributed by atoms with Crippen molar-refractivity contribution >= 4 is 12.2 Å². The average Bonchev–Trinajstić information content (AvgIpc) is 2.34. The lowest BCUT2D eigenvalue weighted by Crippen LogP contribution is -2.46. The summed E-state index contributed by atoms with van der Waals surface area (Å²) in [6.45, 7) is 2.66. The summed E-state index contributed by atoms with van der Waals surface area (Å²) in [4.78, 5) is 22.4. The van der Waals surface area contributed by atoms with Crippen LogP contribution in [0, 0.1) is 0 Å². The number of amides is 1. The number of carbonyl (C=O) groups is 2. The van der Waals surface area contributed by atoms with Crippen LogP contribution >= 0.6 is 0 Å². The average molecular weight is 243 g/mol. The number of nitrogens with two attached hydrogens (primary N) is 2. The monoisotopic (exact) mass is 243 g/mol. The zero-order valence-corrected chi connectivity index (χ0v) is 10.7. The minimum absolute atomic E-state index is 0.241. The van der Waals surface area contributed by atoms with Gasteiger partial charge in [0.15, 0.2) is 0 Å². The summed E-state index contributed by atoms with van der Waals surface area (Å²) in [5.41, 5.74) is 11.1. The summed E-state index contributed by atoms with van der Waals surface area (Å²) in [5.74, 6) is -0.241. The number of rotatable bonds is 10. The summed E-state index contributed by atoms with van der Waals surface area (Å²) in [7, 11) is 0. The van der Waals surface area contributed by atoms with Crippen molar-refractivity contribution in [3.05, 3.63) is 0 Å². The third kappa shape index (κ3) is 7.88. The highest BCUT2D eigenvalue weighted by Gasteiger charge is 2.16. The van der Waals surface area contributed by atoms with Gasteiger partial charge in [0.1, 0.15) is 6.29 Å². The molecule has 0 aliphatic carbocycles. The smallest absolute Gasteiger partial charge is 0.237 e. The van der Waals surface area contributed by atoms with E-state index in [1.807, 2.05) is 6.92 Å². The standard InChI is InChI=1S/C12H25N3O2/c1-2-3-6-10(9-16)15-12(17)11(14)7-4-5-8-13/h9-11H,2-8,13-14H2,1H3,(H,15,17). The molecule has 0 bridgehead atoms. The first-order chi connectivity index (χ1) is 8.15. The lowest BCUT2D eigenvalue weighted by atomic mass is 10.1. The summed E-state index contributed by atoms with van der Waals surface area (Å²) in [6, 6.07) is -0.936. The second-order valence-corrected chi connectivity index (χ2v) is 4.28. The Morgan fingerprint density at radius 1 is 1.29 bits per heavy atom. The van der Waals surface area contributed by atoms with E-state index >= 15 is 0 Å². The minimum Gasteiger partial charge on any atom is -0.345 e. The van der Waals surface area contributed by atoms with Crippen molar-refractivity contribution in [2.45, 2.75) is 57.5 Å². The quantitative estimate of drug-likeness (QED) is 0.380. The van der Waals surface area contributed by atoms with Gasteiger partial charge in [-0.25, -0.2) is 0 Å². The predicted molar refractivity (Wildman–Crippen MR) is 68.4 cm³/mol. The normalized spacial score (nSPS) is 14.1. The van der Waals surface area contributed by atoms with E-state index in [0.29, 0.717) is 19.4 Å². The molecule has 0 saturated heterocycles. The molecule has 0 aromatic carbocycles. The van der Waals surface area contributed by atoms with Gasteiger partial charge in [-0.3, -0.25) is 4.79 Å². The Bertz CT molecular complexity index is 222. The molecule has 1 amide bonds. The van der Waals surface area contributed by atoms with Gasteiger partial charge >= 0.3 is 0 Å². The third-order valence-electron chi connectivity index (χ3n) is 2.67. The number of nitrogens with one attached hydrogen (secondary N) is 1. The van der Waals surface area contributed by atoms with Crippen LogP contribution in [-0.2, 0) is 9.59 Å². The maximum absolute atomic E-state index is 11.6. The van der Waals surface area contributed by atoms with E-state index in [4.69, 9.17) is 11.5 Å². The molecule has 0 aliphatic heterocycles. The molecule has 0 rings (SSSR count).